The van der Waals surface area contributed by atoms with E-state index in [1.807, 2.05) is 0 Å². The summed E-state index contributed by atoms with van der Waals surface area (Å²) in [5.41, 5.74) is 16.1. The fraction of sp³-hybridized carbons (Fsp3) is 0.576. The number of aliphatic hydroxyl groups is 1. The summed E-state index contributed by atoms with van der Waals surface area (Å²) in [5.74, 6) is -0.359. The number of ether oxygens (including phenoxy) is 6. The van der Waals surface area contributed by atoms with Crippen molar-refractivity contribution in [2.45, 2.75) is 73.6 Å². The number of anilines is 3. The van der Waals surface area contributed by atoms with Crippen LogP contribution < -0.4 is 28.5 Å². The molecule has 5 aromatic heterocycles. The van der Waals surface area contributed by atoms with E-state index >= 15 is 0 Å². The molecule has 3 aliphatic rings. The van der Waals surface area contributed by atoms with Gasteiger partial charge in [-0.05, 0) is 6.07 Å². The molecule has 5 aromatic rings. The van der Waals surface area contributed by atoms with Gasteiger partial charge in [0.25, 0.3) is 5.56 Å². The van der Waals surface area contributed by atoms with Crippen LogP contribution in [0, 0.1) is 0 Å². The summed E-state index contributed by atoms with van der Waals surface area (Å²) in [6.07, 6.45) is -12.0. The fourth-order valence-electron chi connectivity index (χ4n) is 8.05. The highest BCUT2D eigenvalue weighted by Gasteiger charge is 2.55. The molecule has 3 fully saturated rings. The van der Waals surface area contributed by atoms with Crippen molar-refractivity contribution >= 4 is 74.6 Å². The predicted molar refractivity (Wildman–Crippen MR) is 236 cm³/mol. The Kier molecular flexibility index (Phi) is 15.3. The number of nitrogens with two attached hydrogens (primary N) is 3. The molecule has 0 aliphatic carbocycles. The first-order valence-electron chi connectivity index (χ1n) is 20.3. The smallest absolute Gasteiger partial charge is 0.394 e. The zero-order valence-corrected chi connectivity index (χ0v) is 40.3. The summed E-state index contributed by atoms with van der Waals surface area (Å²) in [5, 5.41) is 10.3. The van der Waals surface area contributed by atoms with Gasteiger partial charge in [0.1, 0.15) is 72.6 Å². The summed E-state index contributed by atoms with van der Waals surface area (Å²) >= 11 is 4.15. The molecule has 9 unspecified atom stereocenters. The Morgan fingerprint density at radius 2 is 1.24 bits per heavy atom. The van der Waals surface area contributed by atoms with Crippen molar-refractivity contribution in [3.8, 4) is 0 Å². The first-order valence-corrected chi connectivity index (χ1v) is 25.9. The van der Waals surface area contributed by atoms with Crippen molar-refractivity contribution in [3.63, 3.8) is 0 Å². The summed E-state index contributed by atoms with van der Waals surface area (Å²) in [6, 6.07) is 1.26. The maximum atomic E-state index is 14.1. The molecule has 3 saturated heterocycles. The Hall–Kier alpha value is -4.38. The van der Waals surface area contributed by atoms with E-state index in [9.17, 15) is 38.2 Å². The second-order valence-electron chi connectivity index (χ2n) is 15.3. The number of fused-ring (bicyclic) bond motifs is 2. The molecule has 8 heterocycles. The monoisotopic (exact) mass is 1070 g/mol. The number of aromatic amines is 1. The van der Waals surface area contributed by atoms with Gasteiger partial charge in [-0.1, -0.05) is 12.2 Å². The second kappa shape index (κ2) is 20.6. The lowest BCUT2D eigenvalue weighted by molar-refractivity contribution is -0.0626. The molecule has 3 aliphatic heterocycles. The van der Waals surface area contributed by atoms with Crippen LogP contribution in [-0.4, -0.2) is 167 Å². The molecule has 0 spiro atoms. The highest BCUT2D eigenvalue weighted by atomic mass is 32.7. The molecule has 33 nitrogen and oxygen atoms in total. The third-order valence-electron chi connectivity index (χ3n) is 11.2. The SMILES string of the molecule is COC1C(OP(=O)(O)OC[C@H]2O[C@@H](n3cnc4c(N)ncnc43)C(OC)C2OP(=O)(O)OC)[C@@H](COP(=O)(S)OC2C(OC)[C@H](n3cnc4c(=O)[nH]c(N)nc43)O[C@@H]2CO)O[C@H]1n1ccc(N)nc1=O. The van der Waals surface area contributed by atoms with E-state index in [1.54, 1.807) is 0 Å². The van der Waals surface area contributed by atoms with Gasteiger partial charge in [0, 0.05) is 34.6 Å². The molecule has 37 heteroatoms. The molecule has 384 valence electrons. The normalized spacial score (nSPS) is 30.7. The summed E-state index contributed by atoms with van der Waals surface area (Å²) in [6.45, 7) is -7.07. The predicted octanol–water partition coefficient (Wildman–Crippen LogP) is -1.23. The minimum absolute atomic E-state index is 0.0118. The number of phosphoric acid groups is 2. The molecule has 0 amide bonds. The number of phosphoric ester groups is 2. The zero-order chi connectivity index (χ0) is 50.4. The Morgan fingerprint density at radius 1 is 0.700 bits per heavy atom. The molecule has 10 N–H and O–H groups in total. The van der Waals surface area contributed by atoms with Gasteiger partial charge in [-0.15, -0.1) is 0 Å². The Labute approximate surface area is 397 Å². The van der Waals surface area contributed by atoms with Crippen molar-refractivity contribution in [2.24, 2.45) is 0 Å². The topological polar surface area (TPSA) is 443 Å². The number of hydrogen-bond acceptors (Lipinski definition) is 27. The third-order valence-corrected chi connectivity index (χ3v) is 14.7. The molecule has 8 rings (SSSR count). The summed E-state index contributed by atoms with van der Waals surface area (Å²) in [4.78, 5) is 73.7. The zero-order valence-electron chi connectivity index (χ0n) is 36.8. The van der Waals surface area contributed by atoms with Crippen LogP contribution in [0.3, 0.4) is 0 Å². The maximum Gasteiger partial charge on any atom is 0.472 e. The van der Waals surface area contributed by atoms with Gasteiger partial charge >= 0.3 is 28.1 Å². The van der Waals surface area contributed by atoms with E-state index in [2.05, 4.69) is 51.7 Å². The van der Waals surface area contributed by atoms with Crippen LogP contribution in [0.4, 0.5) is 17.6 Å². The number of thiol groups is 1. The number of nitrogen functional groups attached to an aromatic ring is 3. The van der Waals surface area contributed by atoms with Gasteiger partial charge in [-0.25, -0.2) is 38.4 Å². The summed E-state index contributed by atoms with van der Waals surface area (Å²) < 4.78 is 112. The number of rotatable bonds is 20. The lowest BCUT2D eigenvalue weighted by Crippen LogP contribution is -2.39. The Balaban J connectivity index is 1.03. The van der Waals surface area contributed by atoms with Gasteiger partial charge in [0.15, 0.2) is 41.3 Å². The molecular weight excluding hydrogens is 1020 g/mol. The van der Waals surface area contributed by atoms with Crippen LogP contribution >= 0.6 is 34.7 Å². The number of nitrogens with zero attached hydrogens (tertiary/aromatic N) is 9. The van der Waals surface area contributed by atoms with Crippen LogP contribution in [0.15, 0.2) is 40.8 Å². The Morgan fingerprint density at radius 3 is 1.83 bits per heavy atom. The van der Waals surface area contributed by atoms with Crippen LogP contribution in [0.5, 0.6) is 0 Å². The second-order valence-corrected chi connectivity index (χ2v) is 21.1. The van der Waals surface area contributed by atoms with Crippen LogP contribution in [0.1, 0.15) is 18.7 Å². The van der Waals surface area contributed by atoms with Gasteiger partial charge in [-0.3, -0.25) is 50.6 Å². The van der Waals surface area contributed by atoms with Crippen LogP contribution in [0.2, 0.25) is 0 Å². The van der Waals surface area contributed by atoms with Crippen molar-refractivity contribution in [3.05, 3.63) is 52.1 Å². The first-order chi connectivity index (χ1) is 33.2. The van der Waals surface area contributed by atoms with Crippen molar-refractivity contribution in [1.29, 1.82) is 0 Å². The van der Waals surface area contributed by atoms with Crippen molar-refractivity contribution < 1.29 is 84.2 Å². The maximum absolute atomic E-state index is 14.1. The van der Waals surface area contributed by atoms with Crippen LogP contribution in [-0.2, 0) is 69.3 Å². The highest BCUT2D eigenvalue weighted by Crippen LogP contribution is 2.58. The number of methoxy groups -OCH3 is 3. The number of aliphatic hydroxyl groups excluding tert-OH is 1. The lowest BCUT2D eigenvalue weighted by atomic mass is 10.1. The minimum Gasteiger partial charge on any atom is -0.394 e. The average Bonchev–Trinajstić information content (AvgIpc) is 4.13. The van der Waals surface area contributed by atoms with Gasteiger partial charge in [0.2, 0.25) is 5.95 Å². The van der Waals surface area contributed by atoms with E-state index in [4.69, 9.17) is 68.2 Å². The number of nitrogens with one attached hydrogen (secondary N) is 1. The number of H-pyrrole nitrogens is 1. The Bertz CT molecular complexity index is 2970. The number of imidazole rings is 2. The van der Waals surface area contributed by atoms with E-state index in [0.29, 0.717) is 0 Å². The highest BCUT2D eigenvalue weighted by molar-refractivity contribution is 8.44. The first kappa shape index (κ1) is 52.0. The number of aromatic nitrogens is 10. The largest absolute Gasteiger partial charge is 0.472 e. The van der Waals surface area contributed by atoms with Gasteiger partial charge in [-0.2, -0.15) is 9.97 Å². The van der Waals surface area contributed by atoms with E-state index in [-0.39, 0.29) is 39.9 Å². The molecular formula is C33H46N13O20P3S. The van der Waals surface area contributed by atoms with Crippen molar-refractivity contribution in [2.75, 3.05) is 65.5 Å². The molecule has 0 aromatic carbocycles. The molecule has 0 saturated carbocycles. The standard InChI is InChI=1S/C33H46N13O20P3S/c1-55-22-19(13(7-47)61-31(22)46-12-40-18-27(46)42-32(36)43-28(18)48)66-69(54,70)60-9-15-21(23(56-2)29(62-15)44-6-5-16(34)41-33(44)49)65-68(52,53)59-8-14-20(64-67(50,51)58-4)24(57-3)30(63-14)45-11-39-17-25(35)37-10-38-26(17)45/h5-6,10-15,19-24,29-31,47H,7-9H2,1-4H3,(H,50,51)(H,52,53)(H,54,70)(H2,34,41,49)(H2,35,37,38)(H3,36,42,43,48)/t13-,14-,15-,19?,20?,21?,22?,23?,24?,29-,30-,31-,69?/m1/s1. The third kappa shape index (κ3) is 10.4. The van der Waals surface area contributed by atoms with E-state index in [1.165, 1.54) is 48.3 Å². The lowest BCUT2D eigenvalue weighted by Gasteiger charge is -2.28. The van der Waals surface area contributed by atoms with Crippen LogP contribution in [0.25, 0.3) is 22.3 Å². The quantitative estimate of drug-likeness (QED) is 0.0334. The van der Waals surface area contributed by atoms with E-state index in [0.717, 1.165) is 25.1 Å². The van der Waals surface area contributed by atoms with Gasteiger partial charge in [0.05, 0.1) is 32.5 Å². The van der Waals surface area contributed by atoms with Crippen molar-refractivity contribution in [1.82, 2.24) is 48.6 Å². The minimum atomic E-state index is -5.38. The fourth-order valence-corrected chi connectivity index (χ4v) is 11.1. The summed E-state index contributed by atoms with van der Waals surface area (Å²) in [7, 11) is -5.64. The molecule has 0 bridgehead atoms. The molecule has 0 radical (unpaired) electrons. The average molecular weight is 1070 g/mol. The van der Waals surface area contributed by atoms with E-state index < -0.39 is 127 Å². The van der Waals surface area contributed by atoms with Gasteiger partial charge < -0.3 is 60.5 Å². The molecule has 70 heavy (non-hydrogen) atoms. The number of hydrogen-bond donors (Lipinski definition) is 8. The molecule has 15 atom stereocenters.